The quantitative estimate of drug-likeness (QED) is 0.724. The fourth-order valence-corrected chi connectivity index (χ4v) is 2.05. The van der Waals surface area contributed by atoms with Crippen molar-refractivity contribution < 1.29 is 9.47 Å². The van der Waals surface area contributed by atoms with E-state index < -0.39 is 0 Å². The highest BCUT2D eigenvalue weighted by atomic mass is 16.7. The van der Waals surface area contributed by atoms with Crippen LogP contribution in [0.2, 0.25) is 0 Å². The number of rotatable bonds is 7. The second-order valence-corrected chi connectivity index (χ2v) is 4.62. The Bertz CT molecular complexity index is 394. The topological polar surface area (TPSA) is 42.5 Å². The predicted octanol–water partition coefficient (Wildman–Crippen LogP) is 1.81. The third-order valence-electron chi connectivity index (χ3n) is 3.18. The van der Waals surface area contributed by atoms with Gasteiger partial charge in [0.1, 0.15) is 0 Å². The molecule has 18 heavy (non-hydrogen) atoms. The third kappa shape index (κ3) is 3.37. The molecular formula is C14H22N2O2. The minimum absolute atomic E-state index is 0.343. The lowest BCUT2D eigenvalue weighted by Gasteiger charge is -2.09. The molecule has 0 amide bonds. The van der Waals surface area contributed by atoms with Gasteiger partial charge in [0.2, 0.25) is 6.79 Å². The lowest BCUT2D eigenvalue weighted by molar-refractivity contribution is 0.174. The van der Waals surface area contributed by atoms with Crippen LogP contribution >= 0.6 is 0 Å². The zero-order chi connectivity index (χ0) is 12.8. The number of hydrogen-bond donors (Lipinski definition) is 2. The van der Waals surface area contributed by atoms with Crippen molar-refractivity contribution in [3.8, 4) is 11.5 Å². The summed E-state index contributed by atoms with van der Waals surface area (Å²) in [7, 11) is 1.99. The lowest BCUT2D eigenvalue weighted by atomic mass is 10.1. The average molecular weight is 250 g/mol. The molecule has 0 radical (unpaired) electrons. The second-order valence-electron chi connectivity index (χ2n) is 4.62. The van der Waals surface area contributed by atoms with Crippen LogP contribution in [-0.2, 0) is 6.54 Å². The fourth-order valence-electron chi connectivity index (χ4n) is 2.05. The Morgan fingerprint density at radius 3 is 2.61 bits per heavy atom. The van der Waals surface area contributed by atoms with Crippen LogP contribution in [0.5, 0.6) is 11.5 Å². The molecule has 2 rings (SSSR count). The van der Waals surface area contributed by atoms with Crippen molar-refractivity contribution in [2.24, 2.45) is 0 Å². The van der Waals surface area contributed by atoms with E-state index in [4.69, 9.17) is 9.47 Å². The summed E-state index contributed by atoms with van der Waals surface area (Å²) in [6, 6.07) is 4.14. The number of nitrogens with one attached hydrogen (secondary N) is 2. The van der Waals surface area contributed by atoms with Crippen LogP contribution in [0.3, 0.4) is 0 Å². The summed E-state index contributed by atoms with van der Waals surface area (Å²) in [5, 5.41) is 6.62. The maximum Gasteiger partial charge on any atom is 0.231 e. The van der Waals surface area contributed by atoms with E-state index >= 15 is 0 Å². The summed E-state index contributed by atoms with van der Waals surface area (Å²) in [5.74, 6) is 1.73. The number of unbranched alkanes of at least 4 members (excludes halogenated alkanes) is 1. The Hall–Kier alpha value is -1.26. The zero-order valence-corrected chi connectivity index (χ0v) is 11.2. The summed E-state index contributed by atoms with van der Waals surface area (Å²) < 4.78 is 10.7. The normalized spacial score (nSPS) is 13.0. The molecule has 0 unspecified atom stereocenters. The van der Waals surface area contributed by atoms with E-state index in [0.717, 1.165) is 31.1 Å². The predicted molar refractivity (Wildman–Crippen MR) is 72.2 cm³/mol. The highest BCUT2D eigenvalue weighted by Gasteiger charge is 2.15. The molecule has 1 aliphatic rings. The van der Waals surface area contributed by atoms with Gasteiger partial charge in [0, 0.05) is 6.54 Å². The number of aryl methyl sites for hydroxylation is 1. The molecule has 0 aromatic heterocycles. The van der Waals surface area contributed by atoms with Crippen molar-refractivity contribution in [2.75, 3.05) is 26.9 Å². The minimum Gasteiger partial charge on any atom is -0.454 e. The van der Waals surface area contributed by atoms with E-state index in [0.29, 0.717) is 6.79 Å². The summed E-state index contributed by atoms with van der Waals surface area (Å²) in [5.41, 5.74) is 2.54. The lowest BCUT2D eigenvalue weighted by Crippen LogP contribution is -2.17. The molecule has 4 nitrogen and oxygen atoms in total. The fraction of sp³-hybridized carbons (Fsp3) is 0.571. The molecular weight excluding hydrogens is 228 g/mol. The van der Waals surface area contributed by atoms with Crippen LogP contribution in [-0.4, -0.2) is 26.9 Å². The SMILES string of the molecule is CNCCCCNCc1cc2c(cc1C)OCO2. The van der Waals surface area contributed by atoms with Gasteiger partial charge in [-0.1, -0.05) is 0 Å². The first-order valence-corrected chi connectivity index (χ1v) is 6.55. The molecule has 100 valence electrons. The van der Waals surface area contributed by atoms with Gasteiger partial charge in [-0.15, -0.1) is 0 Å². The van der Waals surface area contributed by atoms with E-state index in [-0.39, 0.29) is 0 Å². The molecule has 0 saturated carbocycles. The molecule has 2 N–H and O–H groups in total. The van der Waals surface area contributed by atoms with E-state index in [1.165, 1.54) is 24.0 Å². The Balaban J connectivity index is 1.79. The summed E-state index contributed by atoms with van der Waals surface area (Å²) >= 11 is 0. The van der Waals surface area contributed by atoms with Gasteiger partial charge < -0.3 is 20.1 Å². The number of benzene rings is 1. The third-order valence-corrected chi connectivity index (χ3v) is 3.18. The van der Waals surface area contributed by atoms with Crippen LogP contribution in [0.1, 0.15) is 24.0 Å². The molecule has 0 saturated heterocycles. The van der Waals surface area contributed by atoms with Gasteiger partial charge in [-0.05, 0) is 63.2 Å². The standard InChI is InChI=1S/C14H22N2O2/c1-11-7-13-14(18-10-17-13)8-12(11)9-16-6-4-3-5-15-2/h7-8,15-16H,3-6,9-10H2,1-2H3. The maximum atomic E-state index is 5.40. The summed E-state index contributed by atoms with van der Waals surface area (Å²) in [6.07, 6.45) is 2.41. The monoisotopic (exact) mass is 250 g/mol. The van der Waals surface area contributed by atoms with Gasteiger partial charge in [-0.25, -0.2) is 0 Å². The van der Waals surface area contributed by atoms with E-state index in [1.807, 2.05) is 7.05 Å². The molecule has 0 fully saturated rings. The van der Waals surface area contributed by atoms with Gasteiger partial charge in [0.15, 0.2) is 11.5 Å². The first-order chi connectivity index (χ1) is 8.81. The highest BCUT2D eigenvalue weighted by Crippen LogP contribution is 2.34. The highest BCUT2D eigenvalue weighted by molar-refractivity contribution is 5.48. The summed E-state index contributed by atoms with van der Waals surface area (Å²) in [4.78, 5) is 0. The van der Waals surface area contributed by atoms with Gasteiger partial charge in [0.05, 0.1) is 0 Å². The van der Waals surface area contributed by atoms with Crippen molar-refractivity contribution in [3.05, 3.63) is 23.3 Å². The molecule has 1 aromatic rings. The first-order valence-electron chi connectivity index (χ1n) is 6.55. The van der Waals surface area contributed by atoms with Crippen LogP contribution in [0, 0.1) is 6.92 Å². The van der Waals surface area contributed by atoms with Crippen molar-refractivity contribution >= 4 is 0 Å². The van der Waals surface area contributed by atoms with Crippen LogP contribution in [0.4, 0.5) is 0 Å². The maximum absolute atomic E-state index is 5.40. The smallest absolute Gasteiger partial charge is 0.231 e. The molecule has 0 spiro atoms. The Kier molecular flexibility index (Phi) is 4.84. The van der Waals surface area contributed by atoms with Gasteiger partial charge in [0.25, 0.3) is 0 Å². The van der Waals surface area contributed by atoms with Crippen LogP contribution in [0.15, 0.2) is 12.1 Å². The Morgan fingerprint density at radius 1 is 1.11 bits per heavy atom. The molecule has 4 heteroatoms. The molecule has 0 aliphatic carbocycles. The second kappa shape index (κ2) is 6.61. The van der Waals surface area contributed by atoms with E-state index in [2.05, 4.69) is 29.7 Å². The Labute approximate surface area is 109 Å². The zero-order valence-electron chi connectivity index (χ0n) is 11.2. The minimum atomic E-state index is 0.343. The van der Waals surface area contributed by atoms with Gasteiger partial charge >= 0.3 is 0 Å². The van der Waals surface area contributed by atoms with Crippen molar-refractivity contribution in [1.82, 2.24) is 10.6 Å². The van der Waals surface area contributed by atoms with Crippen LogP contribution in [0.25, 0.3) is 0 Å². The first kappa shape index (κ1) is 13.2. The van der Waals surface area contributed by atoms with E-state index in [9.17, 15) is 0 Å². The number of ether oxygens (including phenoxy) is 2. The molecule has 1 aliphatic heterocycles. The summed E-state index contributed by atoms with van der Waals surface area (Å²) in [6.45, 7) is 5.48. The van der Waals surface area contributed by atoms with Gasteiger partial charge in [-0.2, -0.15) is 0 Å². The molecule has 0 bridgehead atoms. The van der Waals surface area contributed by atoms with Crippen molar-refractivity contribution in [3.63, 3.8) is 0 Å². The molecule has 1 heterocycles. The van der Waals surface area contributed by atoms with Gasteiger partial charge in [-0.3, -0.25) is 0 Å². The van der Waals surface area contributed by atoms with Crippen molar-refractivity contribution in [1.29, 1.82) is 0 Å². The largest absolute Gasteiger partial charge is 0.454 e. The molecule has 1 aromatic carbocycles. The van der Waals surface area contributed by atoms with E-state index in [1.54, 1.807) is 0 Å². The average Bonchev–Trinajstić information content (AvgIpc) is 2.80. The van der Waals surface area contributed by atoms with Crippen molar-refractivity contribution in [2.45, 2.75) is 26.3 Å². The molecule has 0 atom stereocenters. The number of fused-ring (bicyclic) bond motifs is 1. The number of hydrogen-bond acceptors (Lipinski definition) is 4. The Morgan fingerprint density at radius 2 is 1.83 bits per heavy atom. The van der Waals surface area contributed by atoms with Crippen LogP contribution < -0.4 is 20.1 Å².